The van der Waals surface area contributed by atoms with Gasteiger partial charge in [-0.3, -0.25) is 0 Å². The van der Waals surface area contributed by atoms with Crippen LogP contribution in [0.25, 0.3) is 0 Å². The number of hydrogen-bond donors (Lipinski definition) is 1. The molecule has 1 atom stereocenters. The zero-order valence-corrected chi connectivity index (χ0v) is 12.5. The maximum atomic E-state index is 5.60. The molecule has 1 aliphatic rings. The van der Waals surface area contributed by atoms with E-state index in [2.05, 4.69) is 29.6 Å². The molecule has 0 radical (unpaired) electrons. The van der Waals surface area contributed by atoms with Gasteiger partial charge in [-0.2, -0.15) is 0 Å². The number of rotatable bonds is 7. The summed E-state index contributed by atoms with van der Waals surface area (Å²) in [6.07, 6.45) is 8.32. The molecule has 0 fully saturated rings. The van der Waals surface area contributed by atoms with E-state index in [0.29, 0.717) is 6.61 Å². The van der Waals surface area contributed by atoms with Crippen LogP contribution in [0.2, 0.25) is 0 Å². The van der Waals surface area contributed by atoms with Crippen molar-refractivity contribution in [1.82, 2.24) is 5.32 Å². The summed E-state index contributed by atoms with van der Waals surface area (Å²) in [6.45, 7) is 4.60. The molecule has 2 rings (SSSR count). The minimum Gasteiger partial charge on any atom is -0.493 e. The van der Waals surface area contributed by atoms with Crippen molar-refractivity contribution in [2.75, 3.05) is 20.3 Å². The van der Waals surface area contributed by atoms with Gasteiger partial charge in [-0.05, 0) is 56.3 Å². The second kappa shape index (κ2) is 7.95. The Kier molecular flexibility index (Phi) is 5.93. The summed E-state index contributed by atoms with van der Waals surface area (Å²) in [5.74, 6) is 2.41. The highest BCUT2D eigenvalue weighted by molar-refractivity contribution is 5.42. The molecule has 3 heteroatoms. The Labute approximate surface area is 122 Å². The maximum Gasteiger partial charge on any atom is 0.161 e. The van der Waals surface area contributed by atoms with E-state index < -0.39 is 0 Å². The Morgan fingerprint density at radius 3 is 2.85 bits per heavy atom. The molecule has 3 nitrogen and oxygen atoms in total. The van der Waals surface area contributed by atoms with E-state index in [1.54, 1.807) is 7.11 Å². The second-order valence-corrected chi connectivity index (χ2v) is 5.20. The maximum absolute atomic E-state index is 5.60. The molecule has 0 bridgehead atoms. The lowest BCUT2D eigenvalue weighted by atomic mass is 9.94. The molecular formula is C17H25NO2. The van der Waals surface area contributed by atoms with Crippen molar-refractivity contribution in [2.24, 2.45) is 5.92 Å². The van der Waals surface area contributed by atoms with E-state index >= 15 is 0 Å². The Balaban J connectivity index is 1.85. The minimum atomic E-state index is 0.654. The van der Waals surface area contributed by atoms with Crippen molar-refractivity contribution in [3.63, 3.8) is 0 Å². The van der Waals surface area contributed by atoms with Crippen molar-refractivity contribution in [3.05, 3.63) is 35.9 Å². The van der Waals surface area contributed by atoms with Crippen LogP contribution in [0.15, 0.2) is 30.4 Å². The first kappa shape index (κ1) is 14.9. The zero-order valence-electron chi connectivity index (χ0n) is 12.5. The molecule has 1 N–H and O–H groups in total. The lowest BCUT2D eigenvalue weighted by Crippen LogP contribution is -2.23. The molecule has 1 aliphatic carbocycles. The van der Waals surface area contributed by atoms with Crippen LogP contribution in [0.1, 0.15) is 31.7 Å². The largest absolute Gasteiger partial charge is 0.493 e. The van der Waals surface area contributed by atoms with Gasteiger partial charge < -0.3 is 14.8 Å². The van der Waals surface area contributed by atoms with E-state index in [1.165, 1.54) is 24.8 Å². The van der Waals surface area contributed by atoms with Crippen molar-refractivity contribution in [1.29, 1.82) is 0 Å². The van der Waals surface area contributed by atoms with Gasteiger partial charge >= 0.3 is 0 Å². The van der Waals surface area contributed by atoms with E-state index in [-0.39, 0.29) is 0 Å². The fourth-order valence-electron chi connectivity index (χ4n) is 2.56. The van der Waals surface area contributed by atoms with Crippen LogP contribution in [-0.4, -0.2) is 20.3 Å². The summed E-state index contributed by atoms with van der Waals surface area (Å²) in [6, 6.07) is 6.14. The standard InChI is InChI=1S/C17H25NO2/c1-3-20-17-11-15(9-10-16(17)19-2)13-18-12-14-7-5-4-6-8-14/h4-5,9-11,14,18H,3,6-8,12-13H2,1-2H3. The highest BCUT2D eigenvalue weighted by atomic mass is 16.5. The number of benzene rings is 1. The predicted molar refractivity (Wildman–Crippen MR) is 82.4 cm³/mol. The molecular weight excluding hydrogens is 250 g/mol. The summed E-state index contributed by atoms with van der Waals surface area (Å²) < 4.78 is 10.9. The van der Waals surface area contributed by atoms with E-state index in [1.807, 2.05) is 13.0 Å². The molecule has 0 aliphatic heterocycles. The van der Waals surface area contributed by atoms with Crippen molar-refractivity contribution < 1.29 is 9.47 Å². The van der Waals surface area contributed by atoms with Crippen molar-refractivity contribution >= 4 is 0 Å². The van der Waals surface area contributed by atoms with Gasteiger partial charge in [-0.1, -0.05) is 18.2 Å². The lowest BCUT2D eigenvalue weighted by Gasteiger charge is -2.18. The van der Waals surface area contributed by atoms with Crippen LogP contribution in [0.5, 0.6) is 11.5 Å². The SMILES string of the molecule is CCOc1cc(CNCC2CC=CCC2)ccc1OC. The molecule has 0 amide bonds. The second-order valence-electron chi connectivity index (χ2n) is 5.20. The monoisotopic (exact) mass is 275 g/mol. The third-order valence-electron chi connectivity index (χ3n) is 3.67. The fraction of sp³-hybridized carbons (Fsp3) is 0.529. The van der Waals surface area contributed by atoms with Crippen LogP contribution < -0.4 is 14.8 Å². The van der Waals surface area contributed by atoms with Crippen LogP contribution in [-0.2, 0) is 6.54 Å². The van der Waals surface area contributed by atoms with Gasteiger partial charge in [0.15, 0.2) is 11.5 Å². The van der Waals surface area contributed by atoms with Gasteiger partial charge in [0.25, 0.3) is 0 Å². The van der Waals surface area contributed by atoms with Crippen LogP contribution in [0.4, 0.5) is 0 Å². The first-order valence-electron chi connectivity index (χ1n) is 7.49. The Morgan fingerprint density at radius 2 is 2.15 bits per heavy atom. The van der Waals surface area contributed by atoms with Gasteiger partial charge in [-0.25, -0.2) is 0 Å². The Bertz CT molecular complexity index is 443. The van der Waals surface area contributed by atoms with Crippen molar-refractivity contribution in [3.8, 4) is 11.5 Å². The minimum absolute atomic E-state index is 0.654. The van der Waals surface area contributed by atoms with Gasteiger partial charge in [0, 0.05) is 6.54 Å². The molecule has 1 aromatic rings. The average molecular weight is 275 g/mol. The summed E-state index contributed by atoms with van der Waals surface area (Å²) in [5, 5.41) is 3.55. The molecule has 0 spiro atoms. The van der Waals surface area contributed by atoms with Gasteiger partial charge in [0.2, 0.25) is 0 Å². The summed E-state index contributed by atoms with van der Waals surface area (Å²) in [4.78, 5) is 0. The molecule has 110 valence electrons. The normalized spacial score (nSPS) is 18.0. The van der Waals surface area contributed by atoms with Crippen LogP contribution >= 0.6 is 0 Å². The molecule has 0 heterocycles. The molecule has 0 saturated carbocycles. The molecule has 1 unspecified atom stereocenters. The van der Waals surface area contributed by atoms with E-state index in [0.717, 1.165) is 30.5 Å². The molecule has 20 heavy (non-hydrogen) atoms. The van der Waals surface area contributed by atoms with E-state index in [9.17, 15) is 0 Å². The average Bonchev–Trinajstić information content (AvgIpc) is 2.49. The number of methoxy groups -OCH3 is 1. The highest BCUT2D eigenvalue weighted by Crippen LogP contribution is 2.28. The third-order valence-corrected chi connectivity index (χ3v) is 3.67. The first-order valence-corrected chi connectivity index (χ1v) is 7.49. The third kappa shape index (κ3) is 4.27. The first-order chi connectivity index (χ1) is 9.83. The molecule has 1 aromatic carbocycles. The molecule has 0 saturated heterocycles. The number of ether oxygens (including phenoxy) is 2. The Morgan fingerprint density at radius 1 is 1.25 bits per heavy atom. The van der Waals surface area contributed by atoms with Gasteiger partial charge in [0.1, 0.15) is 0 Å². The van der Waals surface area contributed by atoms with Gasteiger partial charge in [0.05, 0.1) is 13.7 Å². The topological polar surface area (TPSA) is 30.5 Å². The number of allylic oxidation sites excluding steroid dienone is 2. The highest BCUT2D eigenvalue weighted by Gasteiger charge is 2.09. The number of hydrogen-bond acceptors (Lipinski definition) is 3. The van der Waals surface area contributed by atoms with Gasteiger partial charge in [-0.15, -0.1) is 0 Å². The van der Waals surface area contributed by atoms with Crippen LogP contribution in [0, 0.1) is 5.92 Å². The van der Waals surface area contributed by atoms with E-state index in [4.69, 9.17) is 9.47 Å². The summed E-state index contributed by atoms with van der Waals surface area (Å²) in [7, 11) is 1.67. The summed E-state index contributed by atoms with van der Waals surface area (Å²) >= 11 is 0. The fourth-order valence-corrected chi connectivity index (χ4v) is 2.56. The zero-order chi connectivity index (χ0) is 14.2. The number of nitrogens with one attached hydrogen (secondary N) is 1. The lowest BCUT2D eigenvalue weighted by molar-refractivity contribution is 0.310. The smallest absolute Gasteiger partial charge is 0.161 e. The van der Waals surface area contributed by atoms with Crippen molar-refractivity contribution in [2.45, 2.75) is 32.7 Å². The molecule has 0 aromatic heterocycles. The van der Waals surface area contributed by atoms with Crippen LogP contribution in [0.3, 0.4) is 0 Å². The quantitative estimate of drug-likeness (QED) is 0.772. The predicted octanol–water partition coefficient (Wildman–Crippen LogP) is 3.54. The summed E-state index contributed by atoms with van der Waals surface area (Å²) in [5.41, 5.74) is 1.24. The Hall–Kier alpha value is -1.48.